The zero-order valence-electron chi connectivity index (χ0n) is 15.3. The number of amides is 1. The Balaban J connectivity index is 1.63. The molecule has 0 N–H and O–H groups in total. The molecule has 1 saturated heterocycles. The van der Waals surface area contributed by atoms with Crippen molar-refractivity contribution < 1.29 is 18.7 Å². The lowest BCUT2D eigenvalue weighted by Gasteiger charge is -2.34. The van der Waals surface area contributed by atoms with Gasteiger partial charge in [0.2, 0.25) is 0 Å². The summed E-state index contributed by atoms with van der Waals surface area (Å²) < 4.78 is 17.3. The van der Waals surface area contributed by atoms with Gasteiger partial charge in [0.15, 0.2) is 5.76 Å². The Morgan fingerprint density at radius 1 is 1.23 bits per heavy atom. The van der Waals surface area contributed by atoms with Gasteiger partial charge in [0.25, 0.3) is 5.91 Å². The minimum Gasteiger partial charge on any atom is -0.485 e. The second kappa shape index (κ2) is 8.23. The highest BCUT2D eigenvalue weighted by Crippen LogP contribution is 2.21. The molecule has 1 aromatic carbocycles. The largest absolute Gasteiger partial charge is 0.485 e. The van der Waals surface area contributed by atoms with Gasteiger partial charge in [-0.25, -0.2) is 0 Å². The summed E-state index contributed by atoms with van der Waals surface area (Å²) in [7, 11) is 0. The molecular formula is C21H25NO4. The normalized spacial score (nSPS) is 20.0. The first-order chi connectivity index (χ1) is 12.6. The number of nitrogens with zero attached hydrogens (tertiary/aromatic N) is 1. The molecule has 26 heavy (non-hydrogen) atoms. The molecule has 1 aliphatic rings. The van der Waals surface area contributed by atoms with Crippen molar-refractivity contribution in [3.63, 3.8) is 0 Å². The molecule has 1 aromatic heterocycles. The number of carbonyl (C=O) groups is 1. The van der Waals surface area contributed by atoms with Crippen LogP contribution >= 0.6 is 0 Å². The molecular weight excluding hydrogens is 330 g/mol. The van der Waals surface area contributed by atoms with Crippen LogP contribution in [0.3, 0.4) is 0 Å². The number of ether oxygens (including phenoxy) is 2. The lowest BCUT2D eigenvalue weighted by atomic mass is 10.1. The van der Waals surface area contributed by atoms with Gasteiger partial charge in [0, 0.05) is 13.1 Å². The fraction of sp³-hybridized carbons (Fsp3) is 0.381. The van der Waals surface area contributed by atoms with Crippen LogP contribution in [-0.2, 0) is 17.8 Å². The third kappa shape index (κ3) is 4.35. The molecule has 2 atom stereocenters. The number of para-hydroxylation sites is 1. The van der Waals surface area contributed by atoms with Crippen LogP contribution < -0.4 is 4.74 Å². The molecule has 138 valence electrons. The molecule has 3 rings (SSSR count). The average molecular weight is 355 g/mol. The van der Waals surface area contributed by atoms with E-state index in [1.165, 1.54) is 0 Å². The number of rotatable bonds is 6. The quantitative estimate of drug-likeness (QED) is 0.739. The summed E-state index contributed by atoms with van der Waals surface area (Å²) in [6.07, 6.45) is 2.64. The Bertz CT molecular complexity index is 757. The fourth-order valence-electron chi connectivity index (χ4n) is 3.19. The van der Waals surface area contributed by atoms with Crippen molar-refractivity contribution in [2.24, 2.45) is 0 Å². The monoisotopic (exact) mass is 355 g/mol. The van der Waals surface area contributed by atoms with E-state index in [1.54, 1.807) is 17.0 Å². The zero-order chi connectivity index (χ0) is 18.5. The number of allylic oxidation sites excluding steroid dienone is 1. The smallest absolute Gasteiger partial charge is 0.289 e. The highest BCUT2D eigenvalue weighted by atomic mass is 16.5. The molecule has 5 heteroatoms. The van der Waals surface area contributed by atoms with Crippen molar-refractivity contribution in [2.75, 3.05) is 13.1 Å². The van der Waals surface area contributed by atoms with Crippen molar-refractivity contribution >= 4 is 5.91 Å². The van der Waals surface area contributed by atoms with E-state index in [2.05, 4.69) is 6.58 Å². The summed E-state index contributed by atoms with van der Waals surface area (Å²) >= 11 is 0. The number of hydrogen-bond acceptors (Lipinski definition) is 4. The van der Waals surface area contributed by atoms with Crippen LogP contribution in [0.25, 0.3) is 0 Å². The van der Waals surface area contributed by atoms with Crippen molar-refractivity contribution in [2.45, 2.75) is 39.1 Å². The van der Waals surface area contributed by atoms with E-state index in [9.17, 15) is 4.79 Å². The summed E-state index contributed by atoms with van der Waals surface area (Å²) in [4.78, 5) is 14.4. The number of carbonyl (C=O) groups excluding carboxylic acids is 1. The van der Waals surface area contributed by atoms with Gasteiger partial charge in [0.05, 0.1) is 12.2 Å². The third-order valence-corrected chi connectivity index (χ3v) is 4.29. The van der Waals surface area contributed by atoms with Crippen molar-refractivity contribution in [3.8, 4) is 5.75 Å². The number of benzene rings is 1. The van der Waals surface area contributed by atoms with Gasteiger partial charge < -0.3 is 18.8 Å². The van der Waals surface area contributed by atoms with Crippen molar-refractivity contribution in [1.82, 2.24) is 4.90 Å². The van der Waals surface area contributed by atoms with E-state index in [0.29, 0.717) is 24.6 Å². The van der Waals surface area contributed by atoms with Crippen LogP contribution in [0.2, 0.25) is 0 Å². The van der Waals surface area contributed by atoms with Crippen LogP contribution in [-0.4, -0.2) is 36.1 Å². The molecule has 0 spiro atoms. The molecule has 1 aliphatic heterocycles. The summed E-state index contributed by atoms with van der Waals surface area (Å²) in [5, 5.41) is 0. The topological polar surface area (TPSA) is 51.9 Å². The molecule has 1 amide bonds. The zero-order valence-corrected chi connectivity index (χ0v) is 15.3. The van der Waals surface area contributed by atoms with Gasteiger partial charge in [0.1, 0.15) is 18.1 Å². The fourth-order valence-corrected chi connectivity index (χ4v) is 3.19. The molecule has 1 fully saturated rings. The first kappa shape index (κ1) is 18.3. The van der Waals surface area contributed by atoms with Crippen LogP contribution in [0.4, 0.5) is 0 Å². The summed E-state index contributed by atoms with van der Waals surface area (Å²) in [5.41, 5.74) is 1.07. The van der Waals surface area contributed by atoms with Gasteiger partial charge in [-0.05, 0) is 44.0 Å². The number of morpholine rings is 1. The maximum absolute atomic E-state index is 12.6. The van der Waals surface area contributed by atoms with Gasteiger partial charge in [-0.1, -0.05) is 24.3 Å². The highest BCUT2D eigenvalue weighted by molar-refractivity contribution is 5.91. The van der Waals surface area contributed by atoms with E-state index < -0.39 is 0 Å². The summed E-state index contributed by atoms with van der Waals surface area (Å²) in [5.74, 6) is 1.65. The Hall–Kier alpha value is -2.53. The number of hydrogen-bond donors (Lipinski definition) is 0. The van der Waals surface area contributed by atoms with Crippen LogP contribution in [0.15, 0.2) is 53.5 Å². The standard InChI is InChI=1S/C21H25NO4/c1-4-7-17-8-5-6-9-19(17)24-14-18-10-11-20(26-18)21(23)22-12-15(2)25-16(3)13-22/h4-6,8-11,15-16H,1,7,12-14H2,2-3H3. The molecule has 2 heterocycles. The second-order valence-corrected chi connectivity index (χ2v) is 6.62. The minimum absolute atomic E-state index is 0.0295. The molecule has 2 aromatic rings. The predicted molar refractivity (Wildman–Crippen MR) is 99.3 cm³/mol. The SMILES string of the molecule is C=CCc1ccccc1OCc1ccc(C(=O)N2CC(C)OC(C)C2)o1. The average Bonchev–Trinajstić information content (AvgIpc) is 3.09. The van der Waals surface area contributed by atoms with Crippen LogP contribution in [0.5, 0.6) is 5.75 Å². The molecule has 2 unspecified atom stereocenters. The van der Waals surface area contributed by atoms with Crippen molar-refractivity contribution in [3.05, 3.63) is 66.1 Å². The van der Waals surface area contributed by atoms with E-state index in [1.807, 2.05) is 44.2 Å². The van der Waals surface area contributed by atoms with Gasteiger partial charge in [-0.2, -0.15) is 0 Å². The number of furan rings is 1. The molecule has 0 aliphatic carbocycles. The second-order valence-electron chi connectivity index (χ2n) is 6.62. The first-order valence-corrected chi connectivity index (χ1v) is 8.92. The Kier molecular flexibility index (Phi) is 5.78. The van der Waals surface area contributed by atoms with Gasteiger partial charge >= 0.3 is 0 Å². The maximum Gasteiger partial charge on any atom is 0.289 e. The van der Waals surface area contributed by atoms with Gasteiger partial charge in [-0.3, -0.25) is 4.79 Å². The summed E-state index contributed by atoms with van der Waals surface area (Å²) in [6, 6.07) is 11.3. The van der Waals surface area contributed by atoms with E-state index in [-0.39, 0.29) is 24.7 Å². The van der Waals surface area contributed by atoms with Gasteiger partial charge in [-0.15, -0.1) is 6.58 Å². The molecule has 0 bridgehead atoms. The van der Waals surface area contributed by atoms with E-state index in [4.69, 9.17) is 13.9 Å². The Labute approximate surface area is 154 Å². The van der Waals surface area contributed by atoms with Crippen LogP contribution in [0.1, 0.15) is 35.7 Å². The molecule has 0 radical (unpaired) electrons. The minimum atomic E-state index is -0.106. The molecule has 5 nitrogen and oxygen atoms in total. The van der Waals surface area contributed by atoms with Crippen molar-refractivity contribution in [1.29, 1.82) is 0 Å². The lowest BCUT2D eigenvalue weighted by molar-refractivity contribution is -0.0592. The lowest BCUT2D eigenvalue weighted by Crippen LogP contribution is -2.48. The van der Waals surface area contributed by atoms with E-state index >= 15 is 0 Å². The van der Waals surface area contributed by atoms with Crippen LogP contribution in [0, 0.1) is 0 Å². The third-order valence-electron chi connectivity index (χ3n) is 4.29. The van der Waals surface area contributed by atoms with E-state index in [0.717, 1.165) is 17.7 Å². The first-order valence-electron chi connectivity index (χ1n) is 8.92. The highest BCUT2D eigenvalue weighted by Gasteiger charge is 2.28. The maximum atomic E-state index is 12.6. The Morgan fingerprint density at radius 2 is 1.96 bits per heavy atom. The molecule has 0 saturated carbocycles. The predicted octanol–water partition coefficient (Wildman–Crippen LogP) is 3.84. The Morgan fingerprint density at radius 3 is 2.69 bits per heavy atom. The summed E-state index contributed by atoms with van der Waals surface area (Å²) in [6.45, 7) is 9.13.